The number of carboxylic acid groups (broad SMARTS) is 1. The number of piperidine rings is 1. The molecular weight excluding hydrogens is 262 g/mol. The molecule has 0 aliphatic carbocycles. The highest BCUT2D eigenvalue weighted by Crippen LogP contribution is 2.24. The lowest BCUT2D eigenvalue weighted by Crippen LogP contribution is -2.35. The normalized spacial score (nSPS) is 18.1. The first-order valence-corrected chi connectivity index (χ1v) is 7.64. The zero-order chi connectivity index (χ0) is 12.5. The molecule has 0 unspecified atom stereocenters. The largest absolute Gasteiger partial charge is 0.544 e. The molecule has 1 aliphatic heterocycles. The lowest BCUT2D eigenvalue weighted by molar-refractivity contribution is -0.254. The summed E-state index contributed by atoms with van der Waals surface area (Å²) in [5.41, 5.74) is 0. The van der Waals surface area contributed by atoms with Gasteiger partial charge in [0.2, 0.25) is 10.0 Å². The van der Waals surface area contributed by atoms with Crippen molar-refractivity contribution < 1.29 is 18.3 Å². The highest BCUT2D eigenvalue weighted by atomic mass is 32.2. The van der Waals surface area contributed by atoms with Crippen LogP contribution in [0.4, 0.5) is 0 Å². The molecule has 5 nitrogen and oxygen atoms in total. The van der Waals surface area contributed by atoms with Crippen LogP contribution in [0.25, 0.3) is 0 Å². The van der Waals surface area contributed by atoms with Crippen molar-refractivity contribution in [1.29, 1.82) is 0 Å². The van der Waals surface area contributed by atoms with E-state index in [0.29, 0.717) is 13.1 Å². The van der Waals surface area contributed by atoms with E-state index in [2.05, 4.69) is 0 Å². The molecule has 0 aromatic carbocycles. The Hall–Kier alpha value is -0.920. The van der Waals surface area contributed by atoms with E-state index >= 15 is 0 Å². The smallest absolute Gasteiger partial charge is 0.243 e. The molecule has 1 fully saturated rings. The fourth-order valence-corrected chi connectivity index (χ4v) is 4.43. The highest BCUT2D eigenvalue weighted by Gasteiger charge is 2.26. The van der Waals surface area contributed by atoms with Gasteiger partial charge in [-0.25, -0.2) is 8.42 Å². The van der Waals surface area contributed by atoms with Crippen LogP contribution in [0.5, 0.6) is 0 Å². The lowest BCUT2D eigenvalue weighted by Gasteiger charge is -2.25. The Morgan fingerprint density at radius 1 is 1.29 bits per heavy atom. The second-order valence-corrected chi connectivity index (χ2v) is 6.75. The molecule has 17 heavy (non-hydrogen) atoms. The van der Waals surface area contributed by atoms with E-state index in [1.165, 1.54) is 15.8 Å². The first-order chi connectivity index (χ1) is 8.01. The number of carboxylic acids is 1. The van der Waals surface area contributed by atoms with Crippen LogP contribution in [-0.2, 0) is 10.0 Å². The number of sulfonamides is 1. The molecule has 2 rings (SSSR count). The van der Waals surface area contributed by atoms with E-state index in [4.69, 9.17) is 0 Å². The van der Waals surface area contributed by atoms with Crippen LogP contribution in [0.1, 0.15) is 28.9 Å². The SMILES string of the molecule is O=C([O-])c1cc(S(=O)(=O)N2CCCCC2)cs1. The van der Waals surface area contributed by atoms with Gasteiger partial charge in [0.05, 0.1) is 15.7 Å². The molecule has 2 heterocycles. The van der Waals surface area contributed by atoms with E-state index in [1.54, 1.807) is 0 Å². The Bertz CT molecular complexity index is 514. The standard InChI is InChI=1S/C10H13NO4S2/c12-10(13)9-6-8(7-16-9)17(14,15)11-4-2-1-3-5-11/h6-7H,1-5H2,(H,12,13)/p-1. The van der Waals surface area contributed by atoms with Gasteiger partial charge in [0.15, 0.2) is 0 Å². The van der Waals surface area contributed by atoms with Crippen molar-refractivity contribution in [3.8, 4) is 0 Å². The molecule has 0 saturated carbocycles. The molecule has 0 bridgehead atoms. The number of hydrogen-bond donors (Lipinski definition) is 0. The quantitative estimate of drug-likeness (QED) is 0.793. The van der Waals surface area contributed by atoms with Crippen LogP contribution >= 0.6 is 11.3 Å². The zero-order valence-electron chi connectivity index (χ0n) is 9.09. The number of hydrogen-bond acceptors (Lipinski definition) is 5. The first kappa shape index (κ1) is 12.5. The Morgan fingerprint density at radius 3 is 2.47 bits per heavy atom. The maximum Gasteiger partial charge on any atom is 0.243 e. The number of nitrogens with zero attached hydrogens (tertiary/aromatic N) is 1. The molecule has 0 atom stereocenters. The molecule has 1 saturated heterocycles. The average molecular weight is 274 g/mol. The average Bonchev–Trinajstić information content (AvgIpc) is 2.80. The van der Waals surface area contributed by atoms with Gasteiger partial charge in [-0.1, -0.05) is 6.42 Å². The first-order valence-electron chi connectivity index (χ1n) is 5.32. The minimum absolute atomic E-state index is 0.0550. The molecule has 1 aromatic rings. The van der Waals surface area contributed by atoms with E-state index in [1.807, 2.05) is 0 Å². The summed E-state index contributed by atoms with van der Waals surface area (Å²) in [7, 11) is -3.52. The van der Waals surface area contributed by atoms with Crippen LogP contribution in [0.3, 0.4) is 0 Å². The minimum atomic E-state index is -3.52. The van der Waals surface area contributed by atoms with Gasteiger partial charge in [-0.3, -0.25) is 0 Å². The third kappa shape index (κ3) is 2.51. The third-order valence-electron chi connectivity index (χ3n) is 2.73. The summed E-state index contributed by atoms with van der Waals surface area (Å²) in [5, 5.41) is 12.0. The molecular formula is C10H12NO4S2-. The number of carbonyl (C=O) groups is 1. The zero-order valence-corrected chi connectivity index (χ0v) is 10.7. The van der Waals surface area contributed by atoms with Gasteiger partial charge in [-0.15, -0.1) is 11.3 Å². The van der Waals surface area contributed by atoms with E-state index in [-0.39, 0.29) is 9.77 Å². The molecule has 1 aromatic heterocycles. The lowest BCUT2D eigenvalue weighted by atomic mass is 10.2. The van der Waals surface area contributed by atoms with Gasteiger partial charge in [0.1, 0.15) is 0 Å². The van der Waals surface area contributed by atoms with Crippen molar-refractivity contribution in [3.05, 3.63) is 16.3 Å². The summed E-state index contributed by atoms with van der Waals surface area (Å²) in [6.45, 7) is 1.03. The Labute approximate surface area is 104 Å². The van der Waals surface area contributed by atoms with Gasteiger partial charge in [0.25, 0.3) is 0 Å². The van der Waals surface area contributed by atoms with Crippen molar-refractivity contribution in [2.45, 2.75) is 24.2 Å². The van der Waals surface area contributed by atoms with Crippen molar-refractivity contribution in [3.63, 3.8) is 0 Å². The summed E-state index contributed by atoms with van der Waals surface area (Å²) in [5.74, 6) is -1.34. The van der Waals surface area contributed by atoms with Crippen LogP contribution in [0.15, 0.2) is 16.3 Å². The summed E-state index contributed by atoms with van der Waals surface area (Å²) in [4.78, 5) is 10.6. The topological polar surface area (TPSA) is 77.5 Å². The second-order valence-electron chi connectivity index (χ2n) is 3.90. The summed E-state index contributed by atoms with van der Waals surface area (Å²) < 4.78 is 25.7. The van der Waals surface area contributed by atoms with Gasteiger partial charge in [-0.2, -0.15) is 4.31 Å². The Morgan fingerprint density at radius 2 is 1.94 bits per heavy atom. The Kier molecular flexibility index (Phi) is 3.50. The monoisotopic (exact) mass is 274 g/mol. The van der Waals surface area contributed by atoms with Crippen LogP contribution in [-0.4, -0.2) is 31.8 Å². The predicted octanol–water partition coefficient (Wildman–Crippen LogP) is 0.286. The third-order valence-corrected chi connectivity index (χ3v) is 5.67. The van der Waals surface area contributed by atoms with Crippen molar-refractivity contribution >= 4 is 27.3 Å². The van der Waals surface area contributed by atoms with Gasteiger partial charge < -0.3 is 9.90 Å². The Balaban J connectivity index is 2.27. The summed E-state index contributed by atoms with van der Waals surface area (Å²) in [6, 6.07) is 1.17. The maximum atomic E-state index is 12.1. The fourth-order valence-electron chi connectivity index (χ4n) is 1.82. The number of carbonyl (C=O) groups excluding carboxylic acids is 1. The number of aromatic carboxylic acids is 1. The van der Waals surface area contributed by atoms with Crippen LogP contribution in [0.2, 0.25) is 0 Å². The number of thiophene rings is 1. The van der Waals surface area contributed by atoms with E-state index in [9.17, 15) is 18.3 Å². The van der Waals surface area contributed by atoms with Crippen molar-refractivity contribution in [1.82, 2.24) is 4.31 Å². The molecule has 0 amide bonds. The highest BCUT2D eigenvalue weighted by molar-refractivity contribution is 7.89. The predicted molar refractivity (Wildman–Crippen MR) is 61.3 cm³/mol. The van der Waals surface area contributed by atoms with Gasteiger partial charge >= 0.3 is 0 Å². The summed E-state index contributed by atoms with van der Waals surface area (Å²) >= 11 is 0.881. The molecule has 94 valence electrons. The van der Waals surface area contributed by atoms with Crippen LogP contribution in [0, 0.1) is 0 Å². The molecule has 0 spiro atoms. The van der Waals surface area contributed by atoms with Gasteiger partial charge in [0, 0.05) is 18.5 Å². The van der Waals surface area contributed by atoms with E-state index in [0.717, 1.165) is 30.6 Å². The molecule has 1 aliphatic rings. The van der Waals surface area contributed by atoms with Crippen molar-refractivity contribution in [2.24, 2.45) is 0 Å². The number of rotatable bonds is 3. The van der Waals surface area contributed by atoms with Crippen molar-refractivity contribution in [2.75, 3.05) is 13.1 Å². The van der Waals surface area contributed by atoms with Crippen LogP contribution < -0.4 is 5.11 Å². The van der Waals surface area contributed by atoms with E-state index < -0.39 is 16.0 Å². The molecule has 7 heteroatoms. The summed E-state index contributed by atoms with van der Waals surface area (Å²) in [6.07, 6.45) is 2.76. The molecule has 0 N–H and O–H groups in total. The molecule has 0 radical (unpaired) electrons. The second kappa shape index (κ2) is 4.75. The van der Waals surface area contributed by atoms with Gasteiger partial charge in [-0.05, 0) is 18.9 Å². The fraction of sp³-hybridized carbons (Fsp3) is 0.500. The maximum absolute atomic E-state index is 12.1. The minimum Gasteiger partial charge on any atom is -0.544 e.